The average Bonchev–Trinajstić information content (AvgIpc) is 3.36. The van der Waals surface area contributed by atoms with E-state index in [4.69, 9.17) is 21.4 Å². The van der Waals surface area contributed by atoms with Gasteiger partial charge in [0.05, 0.1) is 23.0 Å². The summed E-state index contributed by atoms with van der Waals surface area (Å²) >= 11 is 6.10. The standard InChI is InChI=1S/C26H20ClN3O2/c1-2-15-29-22-9-5-4-8-20(22)26(25(29)31)30-23(19-7-3-6-10-24(19)32-26)16-21(28-30)17-11-13-18(27)14-12-17/h2-14,23H,1,15-16H2. The van der Waals surface area contributed by atoms with Crippen molar-refractivity contribution in [2.75, 3.05) is 11.4 Å². The van der Waals surface area contributed by atoms with Crippen LogP contribution in [0.5, 0.6) is 5.75 Å². The second-order valence-corrected chi connectivity index (χ2v) is 8.56. The van der Waals surface area contributed by atoms with E-state index in [0.717, 1.165) is 28.1 Å². The maximum atomic E-state index is 14.0. The number of carbonyl (C=O) groups excluding carboxylic acids is 1. The van der Waals surface area contributed by atoms with Gasteiger partial charge in [-0.05, 0) is 29.8 Å². The van der Waals surface area contributed by atoms with E-state index in [2.05, 4.69) is 6.58 Å². The van der Waals surface area contributed by atoms with Gasteiger partial charge in [0.2, 0.25) is 0 Å². The van der Waals surface area contributed by atoms with Gasteiger partial charge >= 0.3 is 5.72 Å². The van der Waals surface area contributed by atoms with Crippen molar-refractivity contribution in [3.63, 3.8) is 0 Å². The molecule has 0 bridgehead atoms. The van der Waals surface area contributed by atoms with Gasteiger partial charge in [0, 0.05) is 23.6 Å². The molecule has 0 saturated carbocycles. The lowest BCUT2D eigenvalue weighted by Crippen LogP contribution is -2.57. The number of amides is 1. The maximum absolute atomic E-state index is 14.0. The van der Waals surface area contributed by atoms with Gasteiger partial charge < -0.3 is 9.64 Å². The molecule has 3 aromatic rings. The molecule has 3 heterocycles. The molecule has 3 aliphatic rings. The Morgan fingerprint density at radius 1 is 1.09 bits per heavy atom. The first-order valence-electron chi connectivity index (χ1n) is 10.6. The van der Waals surface area contributed by atoms with Gasteiger partial charge in [-0.25, -0.2) is 5.01 Å². The predicted octanol–water partition coefficient (Wildman–Crippen LogP) is 5.27. The number of rotatable bonds is 3. The van der Waals surface area contributed by atoms with Gasteiger partial charge in [0.1, 0.15) is 5.75 Å². The first-order valence-corrected chi connectivity index (χ1v) is 10.9. The molecular formula is C26H20ClN3O2. The maximum Gasteiger partial charge on any atom is 0.306 e. The largest absolute Gasteiger partial charge is 0.453 e. The number of carbonyl (C=O) groups is 1. The summed E-state index contributed by atoms with van der Waals surface area (Å²) in [7, 11) is 0. The number of para-hydroxylation sites is 2. The molecule has 2 atom stereocenters. The van der Waals surface area contributed by atoms with E-state index in [9.17, 15) is 4.79 Å². The summed E-state index contributed by atoms with van der Waals surface area (Å²) in [5.41, 5.74) is 3.18. The molecule has 6 rings (SSSR count). The molecular weight excluding hydrogens is 422 g/mol. The summed E-state index contributed by atoms with van der Waals surface area (Å²) in [6.07, 6.45) is 2.40. The van der Waals surface area contributed by atoms with Crippen molar-refractivity contribution in [1.29, 1.82) is 0 Å². The Morgan fingerprint density at radius 2 is 1.84 bits per heavy atom. The summed E-state index contributed by atoms with van der Waals surface area (Å²) in [5, 5.41) is 7.54. The minimum absolute atomic E-state index is 0.119. The van der Waals surface area contributed by atoms with E-state index in [1.54, 1.807) is 11.0 Å². The third-order valence-corrected chi connectivity index (χ3v) is 6.60. The SMILES string of the molecule is C=CCN1C(=O)C2(Oc3ccccc3C3CC(c4ccc(Cl)cc4)=NN32)c2ccccc21. The van der Waals surface area contributed by atoms with Crippen LogP contribution in [0, 0.1) is 0 Å². The second-order valence-electron chi connectivity index (χ2n) is 8.12. The van der Waals surface area contributed by atoms with Crippen LogP contribution in [-0.2, 0) is 10.5 Å². The molecule has 3 aromatic carbocycles. The summed E-state index contributed by atoms with van der Waals surface area (Å²) in [6.45, 7) is 4.24. The Hall–Kier alpha value is -3.57. The second kappa shape index (κ2) is 6.97. The fourth-order valence-corrected chi connectivity index (χ4v) is 5.07. The molecule has 1 spiro atoms. The molecule has 0 aromatic heterocycles. The van der Waals surface area contributed by atoms with Crippen LogP contribution >= 0.6 is 11.6 Å². The first kappa shape index (κ1) is 19.1. The summed E-state index contributed by atoms with van der Waals surface area (Å²) in [6, 6.07) is 23.2. The quantitative estimate of drug-likeness (QED) is 0.520. The van der Waals surface area contributed by atoms with Gasteiger partial charge in [-0.1, -0.05) is 66.2 Å². The van der Waals surface area contributed by atoms with Crippen molar-refractivity contribution < 1.29 is 9.53 Å². The first-order chi connectivity index (χ1) is 15.6. The number of hydrogen-bond donors (Lipinski definition) is 0. The van der Waals surface area contributed by atoms with E-state index < -0.39 is 5.72 Å². The third-order valence-electron chi connectivity index (χ3n) is 6.35. The smallest absolute Gasteiger partial charge is 0.306 e. The van der Waals surface area contributed by atoms with Gasteiger partial charge in [0.15, 0.2) is 0 Å². The molecule has 32 heavy (non-hydrogen) atoms. The minimum atomic E-state index is -1.35. The molecule has 6 heteroatoms. The van der Waals surface area contributed by atoms with Crippen LogP contribution in [0.2, 0.25) is 5.02 Å². The van der Waals surface area contributed by atoms with Crippen LogP contribution < -0.4 is 9.64 Å². The van der Waals surface area contributed by atoms with Crippen LogP contribution in [0.1, 0.15) is 29.2 Å². The van der Waals surface area contributed by atoms with Gasteiger partial charge in [-0.3, -0.25) is 4.79 Å². The van der Waals surface area contributed by atoms with E-state index in [1.807, 2.05) is 77.8 Å². The van der Waals surface area contributed by atoms with Crippen molar-refractivity contribution >= 4 is 28.9 Å². The van der Waals surface area contributed by atoms with Crippen LogP contribution in [0.3, 0.4) is 0 Å². The highest BCUT2D eigenvalue weighted by molar-refractivity contribution is 6.30. The number of hydrogen-bond acceptors (Lipinski definition) is 4. The fourth-order valence-electron chi connectivity index (χ4n) is 4.95. The van der Waals surface area contributed by atoms with Crippen molar-refractivity contribution in [2.24, 2.45) is 5.10 Å². The van der Waals surface area contributed by atoms with Crippen LogP contribution in [0.25, 0.3) is 0 Å². The van der Waals surface area contributed by atoms with Crippen LogP contribution in [0.4, 0.5) is 5.69 Å². The predicted molar refractivity (Wildman–Crippen MR) is 125 cm³/mol. The molecule has 0 saturated heterocycles. The number of hydrazone groups is 1. The zero-order valence-electron chi connectivity index (χ0n) is 17.2. The zero-order valence-corrected chi connectivity index (χ0v) is 18.0. The van der Waals surface area contributed by atoms with E-state index in [-0.39, 0.29) is 11.9 Å². The lowest BCUT2D eigenvalue weighted by atomic mass is 9.92. The number of benzene rings is 3. The summed E-state index contributed by atoms with van der Waals surface area (Å²) < 4.78 is 6.59. The summed E-state index contributed by atoms with van der Waals surface area (Å²) in [5.74, 6) is 0.559. The Balaban J connectivity index is 1.57. The monoisotopic (exact) mass is 441 g/mol. The Bertz CT molecular complexity index is 1290. The molecule has 158 valence electrons. The summed E-state index contributed by atoms with van der Waals surface area (Å²) in [4.78, 5) is 15.7. The lowest BCUT2D eigenvalue weighted by Gasteiger charge is -2.44. The molecule has 0 fully saturated rings. The van der Waals surface area contributed by atoms with Gasteiger partial charge in [-0.2, -0.15) is 5.10 Å². The number of halogens is 1. The van der Waals surface area contributed by atoms with Gasteiger partial charge in [-0.15, -0.1) is 6.58 Å². The number of nitrogens with zero attached hydrogens (tertiary/aromatic N) is 3. The van der Waals surface area contributed by atoms with Crippen molar-refractivity contribution in [3.05, 3.63) is 107 Å². The highest BCUT2D eigenvalue weighted by atomic mass is 35.5. The highest BCUT2D eigenvalue weighted by Gasteiger charge is 2.62. The average molecular weight is 442 g/mol. The van der Waals surface area contributed by atoms with Gasteiger partial charge in [0.25, 0.3) is 5.91 Å². The molecule has 5 nitrogen and oxygen atoms in total. The zero-order chi connectivity index (χ0) is 21.9. The number of ether oxygens (including phenoxy) is 1. The van der Waals surface area contributed by atoms with E-state index in [0.29, 0.717) is 23.7 Å². The Labute approximate surface area is 191 Å². The Morgan fingerprint density at radius 3 is 2.66 bits per heavy atom. The molecule has 1 amide bonds. The van der Waals surface area contributed by atoms with Crippen molar-refractivity contribution in [2.45, 2.75) is 18.2 Å². The van der Waals surface area contributed by atoms with E-state index >= 15 is 0 Å². The fraction of sp³-hybridized carbons (Fsp3) is 0.154. The van der Waals surface area contributed by atoms with Crippen molar-refractivity contribution in [1.82, 2.24) is 5.01 Å². The molecule has 2 unspecified atom stereocenters. The molecule has 0 aliphatic carbocycles. The molecule has 3 aliphatic heterocycles. The minimum Gasteiger partial charge on any atom is -0.453 e. The van der Waals surface area contributed by atoms with Crippen molar-refractivity contribution in [3.8, 4) is 5.75 Å². The van der Waals surface area contributed by atoms with Crippen LogP contribution in [0.15, 0.2) is 90.6 Å². The topological polar surface area (TPSA) is 45.1 Å². The molecule has 0 N–H and O–H groups in total. The highest BCUT2D eigenvalue weighted by Crippen LogP contribution is 2.55. The molecule has 0 radical (unpaired) electrons. The lowest BCUT2D eigenvalue weighted by molar-refractivity contribution is -0.163. The number of fused-ring (bicyclic) bond motifs is 6. The van der Waals surface area contributed by atoms with E-state index in [1.165, 1.54) is 0 Å². The normalized spacial score (nSPS) is 22.8. The Kier molecular flexibility index (Phi) is 4.17. The van der Waals surface area contributed by atoms with Crippen LogP contribution in [-0.4, -0.2) is 23.2 Å². The third kappa shape index (κ3) is 2.52. The number of anilines is 1.